The summed E-state index contributed by atoms with van der Waals surface area (Å²) in [6.45, 7) is 2.34. The summed E-state index contributed by atoms with van der Waals surface area (Å²) in [4.78, 5) is 25.7. The standard InChI is InChI=1S/C16H21NO4/c1-3-16(15(19)20)8-5-9-17(16)14(18)11-12-6-4-7-13(10-12)21-2/h4,6-7,10H,3,5,8-9,11H2,1-2H3,(H,19,20). The molecule has 114 valence electrons. The number of methoxy groups -OCH3 is 1. The minimum absolute atomic E-state index is 0.134. The Morgan fingerprint density at radius 1 is 1.43 bits per heavy atom. The van der Waals surface area contributed by atoms with Crippen LogP contribution >= 0.6 is 0 Å². The SMILES string of the molecule is CCC1(C(=O)O)CCCN1C(=O)Cc1cccc(OC)c1. The van der Waals surface area contributed by atoms with Gasteiger partial charge in [-0.05, 0) is 37.0 Å². The zero-order valence-corrected chi connectivity index (χ0v) is 12.5. The Bertz CT molecular complexity index is 543. The van der Waals surface area contributed by atoms with Crippen molar-refractivity contribution in [1.29, 1.82) is 0 Å². The molecular formula is C16H21NO4. The van der Waals surface area contributed by atoms with Crippen LogP contribution in [0.5, 0.6) is 5.75 Å². The van der Waals surface area contributed by atoms with E-state index in [0.29, 0.717) is 25.1 Å². The van der Waals surface area contributed by atoms with Crippen molar-refractivity contribution in [2.24, 2.45) is 0 Å². The van der Waals surface area contributed by atoms with Crippen LogP contribution in [-0.4, -0.2) is 41.1 Å². The Morgan fingerprint density at radius 3 is 2.81 bits per heavy atom. The van der Waals surface area contributed by atoms with Crippen LogP contribution in [0.3, 0.4) is 0 Å². The van der Waals surface area contributed by atoms with Gasteiger partial charge in [0.1, 0.15) is 11.3 Å². The molecule has 1 fully saturated rings. The molecule has 0 spiro atoms. The second-order valence-electron chi connectivity index (χ2n) is 5.37. The maximum atomic E-state index is 12.5. The van der Waals surface area contributed by atoms with Crippen LogP contribution in [0.15, 0.2) is 24.3 Å². The molecule has 1 amide bonds. The third kappa shape index (κ3) is 2.86. The summed E-state index contributed by atoms with van der Waals surface area (Å²) in [6, 6.07) is 7.31. The Balaban J connectivity index is 2.17. The number of amides is 1. The molecular weight excluding hydrogens is 270 g/mol. The molecule has 0 aromatic heterocycles. The minimum Gasteiger partial charge on any atom is -0.497 e. The van der Waals surface area contributed by atoms with Gasteiger partial charge in [-0.1, -0.05) is 19.1 Å². The average Bonchev–Trinajstić information content (AvgIpc) is 2.92. The first-order chi connectivity index (χ1) is 10.0. The predicted octanol–water partition coefficient (Wildman–Crippen LogP) is 2.09. The van der Waals surface area contributed by atoms with Crippen LogP contribution in [-0.2, 0) is 16.0 Å². The first kappa shape index (κ1) is 15.4. The van der Waals surface area contributed by atoms with Crippen molar-refractivity contribution in [3.63, 3.8) is 0 Å². The lowest BCUT2D eigenvalue weighted by Gasteiger charge is -2.34. The van der Waals surface area contributed by atoms with E-state index in [9.17, 15) is 14.7 Å². The predicted molar refractivity (Wildman–Crippen MR) is 78.3 cm³/mol. The molecule has 0 saturated carbocycles. The Morgan fingerprint density at radius 2 is 2.19 bits per heavy atom. The van der Waals surface area contributed by atoms with E-state index >= 15 is 0 Å². The van der Waals surface area contributed by atoms with Crippen LogP contribution < -0.4 is 4.74 Å². The smallest absolute Gasteiger partial charge is 0.329 e. The van der Waals surface area contributed by atoms with Crippen molar-refractivity contribution in [1.82, 2.24) is 4.90 Å². The first-order valence-corrected chi connectivity index (χ1v) is 7.20. The highest BCUT2D eigenvalue weighted by Gasteiger charge is 2.48. The lowest BCUT2D eigenvalue weighted by Crippen LogP contribution is -2.53. The molecule has 2 rings (SSSR count). The van der Waals surface area contributed by atoms with Gasteiger partial charge >= 0.3 is 5.97 Å². The first-order valence-electron chi connectivity index (χ1n) is 7.20. The van der Waals surface area contributed by atoms with Crippen LogP contribution in [0.25, 0.3) is 0 Å². The average molecular weight is 291 g/mol. The number of benzene rings is 1. The summed E-state index contributed by atoms with van der Waals surface area (Å²) in [5.74, 6) is -0.340. The van der Waals surface area contributed by atoms with E-state index < -0.39 is 11.5 Å². The molecule has 1 aromatic rings. The number of hydrogen-bond donors (Lipinski definition) is 1. The fourth-order valence-corrected chi connectivity index (χ4v) is 3.04. The van der Waals surface area contributed by atoms with Gasteiger partial charge in [-0.25, -0.2) is 4.79 Å². The number of ether oxygens (including phenoxy) is 1. The molecule has 0 bridgehead atoms. The Hall–Kier alpha value is -2.04. The Kier molecular flexibility index (Phi) is 4.50. The van der Waals surface area contributed by atoms with E-state index in [0.717, 1.165) is 12.0 Å². The van der Waals surface area contributed by atoms with E-state index in [1.807, 2.05) is 31.2 Å². The summed E-state index contributed by atoms with van der Waals surface area (Å²) in [6.07, 6.45) is 1.91. The molecule has 1 heterocycles. The largest absolute Gasteiger partial charge is 0.497 e. The van der Waals surface area contributed by atoms with Gasteiger partial charge in [-0.2, -0.15) is 0 Å². The molecule has 5 nitrogen and oxygen atoms in total. The highest BCUT2D eigenvalue weighted by molar-refractivity contribution is 5.88. The van der Waals surface area contributed by atoms with Gasteiger partial charge in [-0.15, -0.1) is 0 Å². The second-order valence-corrected chi connectivity index (χ2v) is 5.37. The number of carbonyl (C=O) groups is 2. The summed E-state index contributed by atoms with van der Waals surface area (Å²) >= 11 is 0. The number of rotatable bonds is 5. The van der Waals surface area contributed by atoms with E-state index in [4.69, 9.17) is 4.74 Å². The molecule has 1 aliphatic rings. The number of carbonyl (C=O) groups excluding carboxylic acids is 1. The topological polar surface area (TPSA) is 66.8 Å². The number of carboxylic acid groups (broad SMARTS) is 1. The number of aliphatic carboxylic acids is 1. The molecule has 1 saturated heterocycles. The number of nitrogens with zero attached hydrogens (tertiary/aromatic N) is 1. The van der Waals surface area contributed by atoms with Gasteiger partial charge in [0.15, 0.2) is 0 Å². The van der Waals surface area contributed by atoms with Crippen molar-refractivity contribution in [2.45, 2.75) is 38.1 Å². The van der Waals surface area contributed by atoms with Crippen LogP contribution in [0.1, 0.15) is 31.7 Å². The molecule has 0 radical (unpaired) electrons. The molecule has 0 aliphatic carbocycles. The van der Waals surface area contributed by atoms with Crippen molar-refractivity contribution in [2.75, 3.05) is 13.7 Å². The van der Waals surface area contributed by atoms with Crippen molar-refractivity contribution in [3.8, 4) is 5.75 Å². The quantitative estimate of drug-likeness (QED) is 0.902. The van der Waals surface area contributed by atoms with E-state index in [1.54, 1.807) is 7.11 Å². The maximum absolute atomic E-state index is 12.5. The summed E-state index contributed by atoms with van der Waals surface area (Å²) < 4.78 is 5.14. The van der Waals surface area contributed by atoms with Gasteiger partial charge in [-0.3, -0.25) is 4.79 Å². The molecule has 5 heteroatoms. The summed E-state index contributed by atoms with van der Waals surface area (Å²) in [5, 5.41) is 9.52. The van der Waals surface area contributed by atoms with Gasteiger partial charge in [0.25, 0.3) is 0 Å². The van der Waals surface area contributed by atoms with Gasteiger partial charge in [0.2, 0.25) is 5.91 Å². The number of likely N-dealkylation sites (tertiary alicyclic amines) is 1. The van der Waals surface area contributed by atoms with E-state index in [1.165, 1.54) is 4.90 Å². The third-order valence-electron chi connectivity index (χ3n) is 4.26. The normalized spacial score (nSPS) is 21.3. The summed E-state index contributed by atoms with van der Waals surface area (Å²) in [7, 11) is 1.58. The van der Waals surface area contributed by atoms with Crippen LogP contribution in [0, 0.1) is 0 Å². The van der Waals surface area contributed by atoms with Crippen molar-refractivity contribution in [3.05, 3.63) is 29.8 Å². The molecule has 1 unspecified atom stereocenters. The summed E-state index contributed by atoms with van der Waals surface area (Å²) in [5.41, 5.74) is -0.197. The lowest BCUT2D eigenvalue weighted by molar-refractivity contribution is -0.156. The number of hydrogen-bond acceptors (Lipinski definition) is 3. The molecule has 1 aromatic carbocycles. The molecule has 1 atom stereocenters. The van der Waals surface area contributed by atoms with Crippen LogP contribution in [0.4, 0.5) is 0 Å². The van der Waals surface area contributed by atoms with E-state index in [-0.39, 0.29) is 12.3 Å². The number of carboxylic acids is 1. The van der Waals surface area contributed by atoms with Gasteiger partial charge in [0, 0.05) is 6.54 Å². The van der Waals surface area contributed by atoms with Crippen LogP contribution in [0.2, 0.25) is 0 Å². The fraction of sp³-hybridized carbons (Fsp3) is 0.500. The monoisotopic (exact) mass is 291 g/mol. The zero-order valence-electron chi connectivity index (χ0n) is 12.5. The maximum Gasteiger partial charge on any atom is 0.329 e. The van der Waals surface area contributed by atoms with Gasteiger partial charge < -0.3 is 14.7 Å². The van der Waals surface area contributed by atoms with E-state index in [2.05, 4.69) is 0 Å². The minimum atomic E-state index is -1.03. The highest BCUT2D eigenvalue weighted by atomic mass is 16.5. The Labute approximate surface area is 124 Å². The fourth-order valence-electron chi connectivity index (χ4n) is 3.04. The second kappa shape index (κ2) is 6.16. The third-order valence-corrected chi connectivity index (χ3v) is 4.26. The molecule has 21 heavy (non-hydrogen) atoms. The molecule has 1 aliphatic heterocycles. The highest BCUT2D eigenvalue weighted by Crippen LogP contribution is 2.33. The van der Waals surface area contributed by atoms with Gasteiger partial charge in [0.05, 0.1) is 13.5 Å². The van der Waals surface area contributed by atoms with Crippen molar-refractivity contribution < 1.29 is 19.4 Å². The zero-order chi connectivity index (χ0) is 15.5. The van der Waals surface area contributed by atoms with Crippen molar-refractivity contribution >= 4 is 11.9 Å². The lowest BCUT2D eigenvalue weighted by atomic mass is 9.92. The molecule has 1 N–H and O–H groups in total.